The van der Waals surface area contributed by atoms with E-state index >= 15 is 0 Å². The molecule has 0 unspecified atom stereocenters. The molecular formula is C19H28N2O5S. The Kier molecular flexibility index (Phi) is 8.65. The minimum atomic E-state index is -3.80. The molecule has 0 radical (unpaired) electrons. The van der Waals surface area contributed by atoms with E-state index in [1.807, 2.05) is 33.8 Å². The zero-order valence-corrected chi connectivity index (χ0v) is 17.2. The lowest BCUT2D eigenvalue weighted by Crippen LogP contribution is -2.48. The average Bonchev–Trinajstić information content (AvgIpc) is 2.58. The zero-order valence-electron chi connectivity index (χ0n) is 16.4. The molecule has 0 bridgehead atoms. The summed E-state index contributed by atoms with van der Waals surface area (Å²) in [5, 5.41) is 0.976. The van der Waals surface area contributed by atoms with Crippen LogP contribution in [0.4, 0.5) is 0 Å². The number of amides is 1. The Labute approximate surface area is 161 Å². The van der Waals surface area contributed by atoms with Crippen LogP contribution in [0.15, 0.2) is 35.7 Å². The third-order valence-corrected chi connectivity index (χ3v) is 4.72. The maximum Gasteiger partial charge on any atom is 0.321 e. The average molecular weight is 397 g/mol. The summed E-state index contributed by atoms with van der Waals surface area (Å²) in [5.41, 5.74) is 0.715. The van der Waals surface area contributed by atoms with Crippen LogP contribution in [-0.2, 0) is 24.3 Å². The first-order valence-corrected chi connectivity index (χ1v) is 10.3. The summed E-state index contributed by atoms with van der Waals surface area (Å²) in [7, 11) is -3.80. The van der Waals surface area contributed by atoms with E-state index < -0.39 is 28.6 Å². The van der Waals surface area contributed by atoms with Crippen molar-refractivity contribution in [3.63, 3.8) is 0 Å². The Balaban J connectivity index is 2.58. The van der Waals surface area contributed by atoms with E-state index in [0.717, 1.165) is 5.41 Å². The fraction of sp³-hybridized carbons (Fsp3) is 0.474. The van der Waals surface area contributed by atoms with E-state index in [9.17, 15) is 18.0 Å². The smallest absolute Gasteiger partial charge is 0.321 e. The zero-order chi connectivity index (χ0) is 20.6. The van der Waals surface area contributed by atoms with Gasteiger partial charge in [0.25, 0.3) is 5.91 Å². The molecule has 0 aromatic heterocycles. The lowest BCUT2D eigenvalue weighted by molar-refractivity contribution is -0.160. The fourth-order valence-electron chi connectivity index (χ4n) is 2.54. The molecule has 1 amide bonds. The summed E-state index contributed by atoms with van der Waals surface area (Å²) in [4.78, 5) is 25.9. The molecule has 7 nitrogen and oxygen atoms in total. The Bertz CT molecular complexity index is 750. The van der Waals surface area contributed by atoms with E-state index in [-0.39, 0.29) is 18.0 Å². The third kappa shape index (κ3) is 7.92. The van der Waals surface area contributed by atoms with Crippen molar-refractivity contribution < 1.29 is 22.7 Å². The topological polar surface area (TPSA) is 92.8 Å². The Morgan fingerprint density at radius 2 is 1.63 bits per heavy atom. The van der Waals surface area contributed by atoms with Crippen LogP contribution in [0.25, 0.3) is 6.08 Å². The van der Waals surface area contributed by atoms with Gasteiger partial charge in [-0.15, -0.1) is 0 Å². The highest BCUT2D eigenvalue weighted by Gasteiger charge is 2.27. The van der Waals surface area contributed by atoms with Crippen molar-refractivity contribution in [1.82, 2.24) is 9.62 Å². The summed E-state index contributed by atoms with van der Waals surface area (Å²) in [5.74, 6) is -1.14. The van der Waals surface area contributed by atoms with Crippen molar-refractivity contribution in [2.24, 2.45) is 0 Å². The Morgan fingerprint density at radius 3 is 2.15 bits per heavy atom. The Morgan fingerprint density at radius 1 is 1.07 bits per heavy atom. The van der Waals surface area contributed by atoms with Crippen molar-refractivity contribution in [2.45, 2.75) is 52.8 Å². The van der Waals surface area contributed by atoms with Gasteiger partial charge in [0.05, 0.1) is 0 Å². The van der Waals surface area contributed by atoms with Gasteiger partial charge in [-0.05, 0) is 46.3 Å². The standard InChI is InChI=1S/C19H28N2O5S/c1-14(2)21(15(3)4)19(23)16(5)26-18(22)13-20-27(24,25)12-11-17-9-7-6-8-10-17/h6-12,14-16,20H,13H2,1-5H3/b12-11+/t16-/m1/s1. The van der Waals surface area contributed by atoms with Crippen LogP contribution in [0.1, 0.15) is 40.2 Å². The van der Waals surface area contributed by atoms with E-state index in [2.05, 4.69) is 4.72 Å². The van der Waals surface area contributed by atoms with Gasteiger partial charge in [0.2, 0.25) is 10.0 Å². The maximum atomic E-state index is 12.4. The molecule has 1 aromatic rings. The van der Waals surface area contributed by atoms with E-state index in [1.165, 1.54) is 13.0 Å². The molecule has 8 heteroatoms. The number of hydrogen-bond donors (Lipinski definition) is 1. The normalized spacial score (nSPS) is 13.1. The monoisotopic (exact) mass is 396 g/mol. The van der Waals surface area contributed by atoms with Gasteiger partial charge in [-0.25, -0.2) is 13.1 Å². The van der Waals surface area contributed by atoms with Gasteiger partial charge in [-0.3, -0.25) is 9.59 Å². The van der Waals surface area contributed by atoms with Crippen LogP contribution in [0.5, 0.6) is 0 Å². The molecule has 1 aromatic carbocycles. The molecule has 1 rings (SSSR count). The van der Waals surface area contributed by atoms with E-state index in [0.29, 0.717) is 5.56 Å². The molecule has 0 heterocycles. The lowest BCUT2D eigenvalue weighted by Gasteiger charge is -2.32. The number of esters is 1. The molecule has 27 heavy (non-hydrogen) atoms. The maximum absolute atomic E-state index is 12.4. The number of nitrogens with one attached hydrogen (secondary N) is 1. The van der Waals surface area contributed by atoms with Gasteiger partial charge < -0.3 is 9.64 Å². The molecule has 0 saturated heterocycles. The highest BCUT2D eigenvalue weighted by Crippen LogP contribution is 2.10. The van der Waals surface area contributed by atoms with Gasteiger partial charge in [-0.2, -0.15) is 0 Å². The van der Waals surface area contributed by atoms with E-state index in [4.69, 9.17) is 4.74 Å². The lowest BCUT2D eigenvalue weighted by atomic mass is 10.2. The van der Waals surface area contributed by atoms with Crippen molar-refractivity contribution >= 4 is 28.0 Å². The first kappa shape index (κ1) is 22.9. The molecule has 0 spiro atoms. The number of benzene rings is 1. The van der Waals surface area contributed by atoms with Crippen LogP contribution < -0.4 is 4.72 Å². The molecule has 0 saturated carbocycles. The number of ether oxygens (including phenoxy) is 1. The fourth-order valence-corrected chi connectivity index (χ4v) is 3.30. The van der Waals surface area contributed by atoms with Crippen LogP contribution >= 0.6 is 0 Å². The molecule has 0 fully saturated rings. The predicted molar refractivity (Wildman–Crippen MR) is 105 cm³/mol. The molecule has 0 aliphatic carbocycles. The number of hydrogen-bond acceptors (Lipinski definition) is 5. The van der Waals surface area contributed by atoms with Crippen molar-refractivity contribution in [3.05, 3.63) is 41.3 Å². The highest BCUT2D eigenvalue weighted by atomic mass is 32.2. The summed E-state index contributed by atoms with van der Waals surface area (Å²) in [6, 6.07) is 8.81. The van der Waals surface area contributed by atoms with Crippen molar-refractivity contribution in [2.75, 3.05) is 6.54 Å². The van der Waals surface area contributed by atoms with Gasteiger partial charge >= 0.3 is 5.97 Å². The molecular weight excluding hydrogens is 368 g/mol. The molecule has 150 valence electrons. The van der Waals surface area contributed by atoms with Gasteiger partial charge in [-0.1, -0.05) is 30.3 Å². The number of nitrogens with zero attached hydrogens (tertiary/aromatic N) is 1. The number of sulfonamides is 1. The van der Waals surface area contributed by atoms with Gasteiger partial charge in [0, 0.05) is 17.5 Å². The van der Waals surface area contributed by atoms with E-state index in [1.54, 1.807) is 29.2 Å². The number of rotatable bonds is 9. The minimum Gasteiger partial charge on any atom is -0.452 e. The van der Waals surface area contributed by atoms with Crippen LogP contribution in [-0.4, -0.2) is 49.9 Å². The number of carbonyl (C=O) groups excluding carboxylic acids is 2. The molecule has 0 aliphatic rings. The van der Waals surface area contributed by atoms with Gasteiger partial charge in [0.1, 0.15) is 6.54 Å². The van der Waals surface area contributed by atoms with Crippen molar-refractivity contribution in [1.29, 1.82) is 0 Å². The first-order chi connectivity index (χ1) is 12.5. The van der Waals surface area contributed by atoms with Crippen molar-refractivity contribution in [3.8, 4) is 0 Å². The van der Waals surface area contributed by atoms with Gasteiger partial charge in [0.15, 0.2) is 6.10 Å². The second kappa shape index (κ2) is 10.2. The van der Waals surface area contributed by atoms with Crippen LogP contribution in [0.3, 0.4) is 0 Å². The van der Waals surface area contributed by atoms with Crippen LogP contribution in [0, 0.1) is 0 Å². The second-order valence-electron chi connectivity index (χ2n) is 6.64. The second-order valence-corrected chi connectivity index (χ2v) is 8.30. The summed E-state index contributed by atoms with van der Waals surface area (Å²) in [6.45, 7) is 8.42. The summed E-state index contributed by atoms with van der Waals surface area (Å²) in [6.07, 6.45) is 0.426. The summed E-state index contributed by atoms with van der Waals surface area (Å²) >= 11 is 0. The number of carbonyl (C=O) groups is 2. The molecule has 0 aliphatic heterocycles. The Hall–Kier alpha value is -2.19. The summed E-state index contributed by atoms with van der Waals surface area (Å²) < 4.78 is 31.1. The quantitative estimate of drug-likeness (QED) is 0.646. The third-order valence-electron chi connectivity index (χ3n) is 3.68. The van der Waals surface area contributed by atoms with Crippen LogP contribution in [0.2, 0.25) is 0 Å². The first-order valence-electron chi connectivity index (χ1n) is 8.78. The largest absolute Gasteiger partial charge is 0.452 e. The highest BCUT2D eigenvalue weighted by molar-refractivity contribution is 7.92. The minimum absolute atomic E-state index is 0.0414. The molecule has 1 N–H and O–H groups in total. The predicted octanol–water partition coefficient (Wildman–Crippen LogP) is 2.15. The molecule has 1 atom stereocenters. The SMILES string of the molecule is CC(C)N(C(=O)[C@@H](C)OC(=O)CNS(=O)(=O)/C=C/c1ccccc1)C(C)C.